The van der Waals surface area contributed by atoms with Crippen LogP contribution in [-0.4, -0.2) is 38.1 Å². The first-order valence-corrected chi connectivity index (χ1v) is 6.85. The van der Waals surface area contributed by atoms with Gasteiger partial charge in [0.2, 0.25) is 5.91 Å². The molecule has 2 rings (SSSR count). The second-order valence-electron chi connectivity index (χ2n) is 3.74. The van der Waals surface area contributed by atoms with Gasteiger partial charge in [-0.15, -0.1) is 6.42 Å². The Morgan fingerprint density at radius 2 is 2.16 bits per heavy atom. The third kappa shape index (κ3) is 2.58. The summed E-state index contributed by atoms with van der Waals surface area (Å²) < 4.78 is 25.3. The molecule has 7 heteroatoms. The molecule has 0 aliphatic carbocycles. The van der Waals surface area contributed by atoms with Crippen molar-refractivity contribution in [2.24, 2.45) is 4.99 Å². The van der Waals surface area contributed by atoms with Crippen molar-refractivity contribution in [3.05, 3.63) is 24.3 Å². The molecule has 6 nitrogen and oxygen atoms in total. The van der Waals surface area contributed by atoms with Crippen LogP contribution in [0.15, 0.2) is 34.2 Å². The minimum atomic E-state index is -3.73. The maximum atomic E-state index is 12.2. The smallest absolute Gasteiger partial charge is 0.267 e. The Balaban J connectivity index is 2.23. The van der Waals surface area contributed by atoms with Crippen molar-refractivity contribution in [1.29, 1.82) is 0 Å². The third-order valence-corrected chi connectivity index (χ3v) is 4.21. The summed E-state index contributed by atoms with van der Waals surface area (Å²) in [6, 6.07) is 6.35. The molecule has 0 radical (unpaired) electrons. The zero-order valence-electron chi connectivity index (χ0n) is 9.91. The fourth-order valence-electron chi connectivity index (χ4n) is 1.57. The van der Waals surface area contributed by atoms with Crippen LogP contribution in [0.5, 0.6) is 0 Å². The van der Waals surface area contributed by atoms with E-state index < -0.39 is 15.9 Å². The Morgan fingerprint density at radius 1 is 1.42 bits per heavy atom. The summed E-state index contributed by atoms with van der Waals surface area (Å²) in [6.45, 7) is -0.289. The molecule has 1 aliphatic rings. The van der Waals surface area contributed by atoms with Crippen LogP contribution in [0.25, 0.3) is 0 Å². The average molecular weight is 277 g/mol. The molecule has 0 fully saturated rings. The number of para-hydroxylation sites is 1. The first-order chi connectivity index (χ1) is 9.05. The van der Waals surface area contributed by atoms with E-state index in [1.807, 2.05) is 0 Å². The van der Waals surface area contributed by atoms with Crippen LogP contribution < -0.4 is 5.32 Å². The largest absolute Gasteiger partial charge is 0.344 e. The first kappa shape index (κ1) is 13.1. The predicted octanol–water partition coefficient (Wildman–Crippen LogP) is 0.100. The highest BCUT2D eigenvalue weighted by Gasteiger charge is 2.29. The van der Waals surface area contributed by atoms with Gasteiger partial charge in [-0.25, -0.2) is 17.7 Å². The fraction of sp³-hybridized carbons (Fsp3) is 0.167. The van der Waals surface area contributed by atoms with Gasteiger partial charge >= 0.3 is 0 Å². The number of aliphatic imine (C=N–C) groups is 1. The molecule has 1 N–H and O–H groups in total. The van der Waals surface area contributed by atoms with Gasteiger partial charge in [0.25, 0.3) is 10.0 Å². The molecule has 0 atom stereocenters. The number of sulfonamides is 1. The second kappa shape index (κ2) is 5.12. The van der Waals surface area contributed by atoms with Gasteiger partial charge in [0.05, 0.1) is 12.2 Å². The maximum absolute atomic E-state index is 12.2. The first-order valence-electron chi connectivity index (χ1n) is 5.41. The van der Waals surface area contributed by atoms with Crippen LogP contribution in [0.3, 0.4) is 0 Å². The van der Waals surface area contributed by atoms with Gasteiger partial charge in [-0.05, 0) is 12.1 Å². The van der Waals surface area contributed by atoms with Crippen LogP contribution in [-0.2, 0) is 14.8 Å². The van der Waals surface area contributed by atoms with Crippen molar-refractivity contribution in [3.63, 3.8) is 0 Å². The zero-order chi connectivity index (χ0) is 13.9. The third-order valence-electron chi connectivity index (χ3n) is 2.46. The van der Waals surface area contributed by atoms with Gasteiger partial charge in [-0.2, -0.15) is 0 Å². The number of benzene rings is 1. The summed E-state index contributed by atoms with van der Waals surface area (Å²) in [6.07, 6.45) is 6.14. The van der Waals surface area contributed by atoms with Crippen molar-refractivity contribution in [3.8, 4) is 12.3 Å². The Hall–Kier alpha value is -2.33. The van der Waals surface area contributed by atoms with Crippen molar-refractivity contribution < 1.29 is 13.2 Å². The van der Waals surface area contributed by atoms with Gasteiger partial charge in [0.1, 0.15) is 17.8 Å². The molecule has 0 saturated carbocycles. The lowest BCUT2D eigenvalue weighted by Gasteiger charge is -2.23. The SMILES string of the molecule is C#CCNC(=O)CN1C=Nc2ccccc2S1(=O)=O. The topological polar surface area (TPSA) is 78.8 Å². The van der Waals surface area contributed by atoms with E-state index in [0.29, 0.717) is 5.69 Å². The van der Waals surface area contributed by atoms with Crippen molar-refractivity contribution in [2.75, 3.05) is 13.1 Å². The number of amides is 1. The maximum Gasteiger partial charge on any atom is 0.267 e. The molecule has 19 heavy (non-hydrogen) atoms. The van der Waals surface area contributed by atoms with E-state index in [9.17, 15) is 13.2 Å². The van der Waals surface area contributed by atoms with Crippen LogP contribution in [0, 0.1) is 12.3 Å². The van der Waals surface area contributed by atoms with Gasteiger partial charge < -0.3 is 5.32 Å². The fourth-order valence-corrected chi connectivity index (χ4v) is 2.92. The normalized spacial score (nSPS) is 15.4. The van der Waals surface area contributed by atoms with E-state index in [2.05, 4.69) is 16.2 Å². The van der Waals surface area contributed by atoms with Crippen LogP contribution in [0.4, 0.5) is 5.69 Å². The number of terminal acetylenes is 1. The summed E-state index contributed by atoms with van der Waals surface area (Å²) in [7, 11) is -3.73. The molecule has 0 unspecified atom stereocenters. The number of hydrogen-bond acceptors (Lipinski definition) is 4. The molecule has 1 aromatic rings. The van der Waals surface area contributed by atoms with E-state index in [1.54, 1.807) is 18.2 Å². The molecule has 1 aliphatic heterocycles. The van der Waals surface area contributed by atoms with Gasteiger partial charge in [-0.3, -0.25) is 4.79 Å². The average Bonchev–Trinajstić information content (AvgIpc) is 2.40. The Kier molecular flexibility index (Phi) is 3.53. The number of rotatable bonds is 3. The quantitative estimate of drug-likeness (QED) is 0.796. The monoisotopic (exact) mass is 277 g/mol. The number of nitrogens with one attached hydrogen (secondary N) is 1. The lowest BCUT2D eigenvalue weighted by Crippen LogP contribution is -2.41. The molecule has 1 aromatic carbocycles. The van der Waals surface area contributed by atoms with Crippen molar-refractivity contribution >= 4 is 28.0 Å². The van der Waals surface area contributed by atoms with Gasteiger partial charge in [0, 0.05) is 0 Å². The van der Waals surface area contributed by atoms with Crippen LogP contribution >= 0.6 is 0 Å². The lowest BCUT2D eigenvalue weighted by atomic mass is 10.3. The number of carbonyl (C=O) groups is 1. The zero-order valence-corrected chi connectivity index (χ0v) is 10.7. The minimum absolute atomic E-state index is 0.0560. The summed E-state index contributed by atoms with van der Waals surface area (Å²) in [5.74, 6) is 1.76. The summed E-state index contributed by atoms with van der Waals surface area (Å²) in [4.78, 5) is 15.6. The molecular weight excluding hydrogens is 266 g/mol. The molecule has 98 valence electrons. The van der Waals surface area contributed by atoms with Crippen LogP contribution in [0.2, 0.25) is 0 Å². The number of nitrogens with zero attached hydrogens (tertiary/aromatic N) is 2. The van der Waals surface area contributed by atoms with E-state index in [0.717, 1.165) is 10.6 Å². The molecule has 1 amide bonds. The lowest BCUT2D eigenvalue weighted by molar-refractivity contribution is -0.120. The molecule has 0 aromatic heterocycles. The Morgan fingerprint density at radius 3 is 2.89 bits per heavy atom. The molecule has 0 bridgehead atoms. The highest BCUT2D eigenvalue weighted by molar-refractivity contribution is 7.89. The minimum Gasteiger partial charge on any atom is -0.344 e. The molecular formula is C12H11N3O3S. The molecule has 1 heterocycles. The highest BCUT2D eigenvalue weighted by atomic mass is 32.2. The van der Waals surface area contributed by atoms with Gasteiger partial charge in [0.15, 0.2) is 0 Å². The number of fused-ring (bicyclic) bond motifs is 1. The second-order valence-corrected chi connectivity index (χ2v) is 5.60. The Bertz CT molecular complexity index is 674. The van der Waals surface area contributed by atoms with E-state index in [4.69, 9.17) is 6.42 Å². The molecule has 0 spiro atoms. The Labute approximate surface area is 111 Å². The number of hydrogen-bond donors (Lipinski definition) is 1. The predicted molar refractivity (Wildman–Crippen MR) is 70.3 cm³/mol. The van der Waals surface area contributed by atoms with E-state index in [-0.39, 0.29) is 18.0 Å². The van der Waals surface area contributed by atoms with Crippen molar-refractivity contribution in [2.45, 2.75) is 4.90 Å². The van der Waals surface area contributed by atoms with Crippen LogP contribution in [0.1, 0.15) is 0 Å². The number of carbonyl (C=O) groups excluding carboxylic acids is 1. The molecule has 0 saturated heterocycles. The summed E-state index contributed by atoms with van der Waals surface area (Å²) in [5, 5.41) is 2.40. The van der Waals surface area contributed by atoms with Crippen molar-refractivity contribution in [1.82, 2.24) is 9.62 Å². The summed E-state index contributed by atoms with van der Waals surface area (Å²) >= 11 is 0. The highest BCUT2D eigenvalue weighted by Crippen LogP contribution is 2.29. The summed E-state index contributed by atoms with van der Waals surface area (Å²) in [5.41, 5.74) is 0.364. The van der Waals surface area contributed by atoms with Gasteiger partial charge in [-0.1, -0.05) is 18.1 Å². The van der Waals surface area contributed by atoms with E-state index >= 15 is 0 Å². The standard InChI is InChI=1S/C12H11N3O3S/c1-2-7-13-12(16)8-15-9-14-10-5-3-4-6-11(10)19(15,17)18/h1,3-6,9H,7-8H2,(H,13,16). The van der Waals surface area contributed by atoms with E-state index in [1.165, 1.54) is 6.07 Å².